The summed E-state index contributed by atoms with van der Waals surface area (Å²) >= 11 is 5.15. The normalized spacial score (nSPS) is 10.9. The maximum atomic E-state index is 13.5. The molecular weight excluding hydrogens is 426 g/mol. The molecule has 0 aliphatic rings. The molecule has 6 heteroatoms. The third kappa shape index (κ3) is 2.34. The summed E-state index contributed by atoms with van der Waals surface area (Å²) in [6, 6.07) is 10.4. The van der Waals surface area contributed by atoms with Gasteiger partial charge in [-0.15, -0.1) is 0 Å². The van der Waals surface area contributed by atoms with Crippen molar-refractivity contribution >= 4 is 50.0 Å². The summed E-state index contributed by atoms with van der Waals surface area (Å²) in [6.07, 6.45) is 1.68. The minimum atomic E-state index is -0.298. The highest BCUT2D eigenvalue weighted by molar-refractivity contribution is 14.1. The van der Waals surface area contributed by atoms with Gasteiger partial charge in [-0.25, -0.2) is 9.37 Å². The SMILES string of the molecule is Fc1cc(Br)c2ncn(-c3ccc(OI)cc3)c2c1. The molecule has 0 unspecified atom stereocenters. The van der Waals surface area contributed by atoms with Gasteiger partial charge < -0.3 is 3.07 Å². The highest BCUT2D eigenvalue weighted by Gasteiger charge is 2.09. The molecule has 0 saturated heterocycles. The Morgan fingerprint density at radius 1 is 1.21 bits per heavy atom. The summed E-state index contributed by atoms with van der Waals surface area (Å²) in [5.41, 5.74) is 2.35. The standard InChI is InChI=1S/C13H7BrFIN2O/c14-11-5-8(15)6-12-13(11)17-7-18(12)9-1-3-10(19-16)4-2-9/h1-7H. The molecule has 3 aromatic rings. The quantitative estimate of drug-likeness (QED) is 0.551. The van der Waals surface area contributed by atoms with E-state index in [-0.39, 0.29) is 5.82 Å². The van der Waals surface area contributed by atoms with Gasteiger partial charge in [0.15, 0.2) is 23.0 Å². The number of benzene rings is 2. The Morgan fingerprint density at radius 2 is 1.95 bits per heavy atom. The molecule has 3 nitrogen and oxygen atoms in total. The lowest BCUT2D eigenvalue weighted by Crippen LogP contribution is -1.92. The van der Waals surface area contributed by atoms with Crippen LogP contribution in [0.4, 0.5) is 4.39 Å². The lowest BCUT2D eigenvalue weighted by atomic mass is 10.2. The second-order valence-corrected chi connectivity index (χ2v) is 5.24. The fourth-order valence-corrected chi connectivity index (χ4v) is 2.72. The highest BCUT2D eigenvalue weighted by atomic mass is 127. The van der Waals surface area contributed by atoms with Crippen molar-refractivity contribution in [1.29, 1.82) is 0 Å². The third-order valence-corrected chi connectivity index (χ3v) is 3.89. The van der Waals surface area contributed by atoms with Crippen molar-refractivity contribution in [2.75, 3.05) is 0 Å². The van der Waals surface area contributed by atoms with Crippen LogP contribution in [0.2, 0.25) is 0 Å². The van der Waals surface area contributed by atoms with Gasteiger partial charge in [-0.1, -0.05) is 0 Å². The molecule has 0 fully saturated rings. The average molecular weight is 433 g/mol. The van der Waals surface area contributed by atoms with Gasteiger partial charge in [0, 0.05) is 16.2 Å². The molecule has 0 N–H and O–H groups in total. The van der Waals surface area contributed by atoms with E-state index in [1.807, 2.05) is 51.8 Å². The first-order chi connectivity index (χ1) is 9.19. The predicted octanol–water partition coefficient (Wildman–Crippen LogP) is 4.66. The molecular formula is C13H7BrFIN2O. The fourth-order valence-electron chi connectivity index (χ4n) is 1.91. The molecule has 0 aliphatic heterocycles. The molecule has 0 bridgehead atoms. The number of aromatic nitrogens is 2. The van der Waals surface area contributed by atoms with Crippen LogP contribution in [0.1, 0.15) is 0 Å². The second kappa shape index (κ2) is 5.09. The van der Waals surface area contributed by atoms with E-state index < -0.39 is 0 Å². The van der Waals surface area contributed by atoms with Crippen LogP contribution in [-0.4, -0.2) is 9.55 Å². The van der Waals surface area contributed by atoms with E-state index in [9.17, 15) is 4.39 Å². The number of imidazole rings is 1. The molecule has 0 spiro atoms. The summed E-state index contributed by atoms with van der Waals surface area (Å²) in [5.74, 6) is 0.467. The van der Waals surface area contributed by atoms with Crippen LogP contribution in [-0.2, 0) is 0 Å². The predicted molar refractivity (Wildman–Crippen MR) is 83.4 cm³/mol. The summed E-state index contributed by atoms with van der Waals surface area (Å²) < 4.78 is 21.1. The number of nitrogens with zero attached hydrogens (tertiary/aromatic N) is 2. The van der Waals surface area contributed by atoms with Crippen LogP contribution in [0.5, 0.6) is 5.75 Å². The van der Waals surface area contributed by atoms with Crippen LogP contribution >= 0.6 is 38.9 Å². The zero-order chi connectivity index (χ0) is 13.4. The van der Waals surface area contributed by atoms with E-state index >= 15 is 0 Å². The largest absolute Gasteiger partial charge is 0.428 e. The molecule has 0 atom stereocenters. The molecule has 0 radical (unpaired) electrons. The van der Waals surface area contributed by atoms with Gasteiger partial charge in [-0.3, -0.25) is 4.57 Å². The van der Waals surface area contributed by atoms with Crippen LogP contribution in [0.25, 0.3) is 16.7 Å². The summed E-state index contributed by atoms with van der Waals surface area (Å²) in [5, 5.41) is 0. The topological polar surface area (TPSA) is 27.1 Å². The Hall–Kier alpha value is -1.15. The van der Waals surface area contributed by atoms with E-state index in [4.69, 9.17) is 3.07 Å². The Bertz CT molecular complexity index is 742. The van der Waals surface area contributed by atoms with Gasteiger partial charge in [0.2, 0.25) is 0 Å². The Balaban J connectivity index is 2.19. The number of hydrogen-bond acceptors (Lipinski definition) is 2. The zero-order valence-electron chi connectivity index (χ0n) is 9.48. The van der Waals surface area contributed by atoms with Crippen molar-refractivity contribution in [2.45, 2.75) is 0 Å². The van der Waals surface area contributed by atoms with Crippen LogP contribution in [0.15, 0.2) is 47.2 Å². The van der Waals surface area contributed by atoms with Gasteiger partial charge in [0.05, 0.1) is 5.52 Å². The lowest BCUT2D eigenvalue weighted by Gasteiger charge is -2.05. The monoisotopic (exact) mass is 432 g/mol. The molecule has 0 saturated carbocycles. The van der Waals surface area contributed by atoms with E-state index in [2.05, 4.69) is 20.9 Å². The first kappa shape index (κ1) is 12.9. The van der Waals surface area contributed by atoms with Crippen molar-refractivity contribution in [3.05, 3.63) is 53.0 Å². The number of hydrogen-bond donors (Lipinski definition) is 0. The van der Waals surface area contributed by atoms with E-state index in [0.29, 0.717) is 4.47 Å². The van der Waals surface area contributed by atoms with Gasteiger partial charge in [-0.2, -0.15) is 0 Å². The maximum Gasteiger partial charge on any atom is 0.192 e. The van der Waals surface area contributed by atoms with Crippen molar-refractivity contribution < 1.29 is 7.46 Å². The van der Waals surface area contributed by atoms with Crippen LogP contribution in [0.3, 0.4) is 0 Å². The van der Waals surface area contributed by atoms with Crippen LogP contribution in [0, 0.1) is 5.82 Å². The van der Waals surface area contributed by atoms with E-state index in [1.165, 1.54) is 12.1 Å². The highest BCUT2D eigenvalue weighted by Crippen LogP contribution is 2.27. The van der Waals surface area contributed by atoms with Gasteiger partial charge in [0.1, 0.15) is 23.4 Å². The first-order valence-corrected chi connectivity index (χ1v) is 7.07. The molecule has 19 heavy (non-hydrogen) atoms. The number of halogens is 3. The summed E-state index contributed by atoms with van der Waals surface area (Å²) in [7, 11) is 0. The van der Waals surface area contributed by atoms with Gasteiger partial charge >= 0.3 is 0 Å². The molecule has 1 aromatic heterocycles. The zero-order valence-corrected chi connectivity index (χ0v) is 13.2. The molecule has 1 heterocycles. The van der Waals surface area contributed by atoms with Gasteiger partial charge in [-0.05, 0) is 46.3 Å². The van der Waals surface area contributed by atoms with Crippen LogP contribution < -0.4 is 3.07 Å². The summed E-state index contributed by atoms with van der Waals surface area (Å²) in [4.78, 5) is 4.29. The Kier molecular flexibility index (Phi) is 3.44. The summed E-state index contributed by atoms with van der Waals surface area (Å²) in [6.45, 7) is 0. The Labute approximate surface area is 131 Å². The molecule has 0 amide bonds. The molecule has 96 valence electrons. The van der Waals surface area contributed by atoms with E-state index in [1.54, 1.807) is 6.33 Å². The van der Waals surface area contributed by atoms with Crippen molar-refractivity contribution in [3.63, 3.8) is 0 Å². The lowest BCUT2D eigenvalue weighted by molar-refractivity contribution is 0.628. The molecule has 0 aliphatic carbocycles. The minimum absolute atomic E-state index is 0.298. The van der Waals surface area contributed by atoms with E-state index in [0.717, 1.165) is 22.5 Å². The maximum absolute atomic E-state index is 13.5. The number of rotatable bonds is 2. The van der Waals surface area contributed by atoms with Crippen molar-refractivity contribution in [2.24, 2.45) is 0 Å². The smallest absolute Gasteiger partial charge is 0.192 e. The Morgan fingerprint density at radius 3 is 2.63 bits per heavy atom. The average Bonchev–Trinajstić information content (AvgIpc) is 2.83. The number of fused-ring (bicyclic) bond motifs is 1. The molecule has 2 aromatic carbocycles. The molecule has 3 rings (SSSR count). The fraction of sp³-hybridized carbons (Fsp3) is 0. The van der Waals surface area contributed by atoms with Gasteiger partial charge in [0.25, 0.3) is 0 Å². The second-order valence-electron chi connectivity index (χ2n) is 3.94. The first-order valence-electron chi connectivity index (χ1n) is 5.40. The van der Waals surface area contributed by atoms with Crippen molar-refractivity contribution in [3.8, 4) is 11.4 Å². The minimum Gasteiger partial charge on any atom is -0.428 e. The van der Waals surface area contributed by atoms with Crippen molar-refractivity contribution in [1.82, 2.24) is 9.55 Å². The third-order valence-electron chi connectivity index (χ3n) is 2.77.